The number of amides is 3. The predicted molar refractivity (Wildman–Crippen MR) is 222 cm³/mol. The van der Waals surface area contributed by atoms with E-state index >= 15 is 0 Å². The van der Waals surface area contributed by atoms with Gasteiger partial charge in [-0.25, -0.2) is 26.1 Å². The zero-order valence-corrected chi connectivity index (χ0v) is 36.0. The normalized spacial score (nSPS) is 26.1. The molecule has 7 rings (SSSR count). The Balaban J connectivity index is 1.21. The van der Waals surface area contributed by atoms with Crippen molar-refractivity contribution in [1.29, 1.82) is 0 Å². The lowest BCUT2D eigenvalue weighted by molar-refractivity contribution is -0.148. The maximum atomic E-state index is 14.8. The average Bonchev–Trinajstić information content (AvgIpc) is 3.85. The molecule has 0 radical (unpaired) electrons. The smallest absolute Gasteiger partial charge is 0.408 e. The number of fused-ring (bicyclic) bond motifs is 2. The van der Waals surface area contributed by atoms with Crippen molar-refractivity contribution in [3.63, 3.8) is 0 Å². The number of hydrogen-bond donors (Lipinski definition) is 3. The molecule has 2 aromatic heterocycles. The van der Waals surface area contributed by atoms with E-state index in [0.717, 1.165) is 12.8 Å². The van der Waals surface area contributed by atoms with E-state index in [9.17, 15) is 19.2 Å². The molecule has 59 heavy (non-hydrogen) atoms. The number of benzene rings is 1. The summed E-state index contributed by atoms with van der Waals surface area (Å²) in [5.74, 6) is 0.188. The van der Waals surface area contributed by atoms with Crippen molar-refractivity contribution in [3.05, 3.63) is 40.0 Å². The molecule has 0 bridgehead atoms. The van der Waals surface area contributed by atoms with Crippen molar-refractivity contribution in [3.8, 4) is 22.9 Å². The number of thiazole rings is 1. The summed E-state index contributed by atoms with van der Waals surface area (Å²) >= 11 is 8.30. The van der Waals surface area contributed by atoms with E-state index in [4.69, 9.17) is 47.1 Å². The summed E-state index contributed by atoms with van der Waals surface area (Å²) in [7, 11) is 1.29. The van der Waals surface area contributed by atoms with E-state index in [1.165, 1.54) is 29.8 Å². The fraction of sp³-hybridized carbons (Fsp3) is 0.595. The Hall–Kier alpha value is -4.88. The van der Waals surface area contributed by atoms with Gasteiger partial charge in [0.15, 0.2) is 5.13 Å². The van der Waals surface area contributed by atoms with Crippen LogP contribution in [0.5, 0.6) is 11.5 Å². The lowest BCUT2D eigenvalue weighted by Crippen LogP contribution is -2.59. The van der Waals surface area contributed by atoms with Gasteiger partial charge in [-0.15, -0.1) is 11.3 Å². The number of hydrogen-bond acceptors (Lipinski definition) is 12. The van der Waals surface area contributed by atoms with Crippen molar-refractivity contribution in [2.24, 2.45) is 23.2 Å². The molecule has 2 unspecified atom stereocenters. The summed E-state index contributed by atoms with van der Waals surface area (Å²) in [6.45, 7) is 18.4. The molecule has 3 aromatic rings. The second-order valence-electron chi connectivity index (χ2n) is 17.5. The Kier molecular flexibility index (Phi) is 11.9. The third kappa shape index (κ3) is 8.87. The Morgan fingerprint density at radius 3 is 2.46 bits per heavy atom. The lowest BCUT2D eigenvalue weighted by Gasteiger charge is -2.35. The number of aromatic nitrogens is 2. The summed E-state index contributed by atoms with van der Waals surface area (Å²) < 4.78 is 23.3. The first-order valence-corrected chi connectivity index (χ1v) is 21.5. The number of carbonyl (C=O) groups excluding carboxylic acids is 4. The zero-order chi connectivity index (χ0) is 42.4. The molecule has 15 nitrogen and oxygen atoms in total. The molecule has 3 amide bonds. The first kappa shape index (κ1) is 42.3. The third-order valence-electron chi connectivity index (χ3n) is 11.8. The molecule has 3 aliphatic carbocycles. The minimum atomic E-state index is -1.20. The van der Waals surface area contributed by atoms with E-state index in [0.29, 0.717) is 57.8 Å². The number of anilines is 1. The van der Waals surface area contributed by atoms with Crippen LogP contribution in [-0.4, -0.2) is 95.0 Å². The van der Waals surface area contributed by atoms with Crippen LogP contribution in [0.1, 0.15) is 80.1 Å². The minimum Gasteiger partial charge on any atom is -0.488 e. The third-order valence-corrected chi connectivity index (χ3v) is 12.9. The van der Waals surface area contributed by atoms with Gasteiger partial charge in [0.2, 0.25) is 11.8 Å². The first-order chi connectivity index (χ1) is 28.0. The SMILES string of the molecule is [C-]#[N+]COc1ccc2c(O[C@H]3C[C@@H](C(=O)N[C@@]4(C(=O)OC)C[C@H]4CC)N(C(=O)[C@H](NC(=O)OC4CC5C[C@H]5C4)C(C)(C)C)C3)cc(-c3csc(NC(C)C)n3)nc2c1Cl. The molecular weight excluding hydrogens is 798 g/mol. The molecule has 3 saturated carbocycles. The molecule has 3 heterocycles. The molecule has 3 N–H and O–H groups in total. The van der Waals surface area contributed by atoms with Gasteiger partial charge in [-0.2, -0.15) is 0 Å². The second-order valence-corrected chi connectivity index (χ2v) is 18.7. The van der Waals surface area contributed by atoms with Crippen LogP contribution in [0.2, 0.25) is 5.02 Å². The molecule has 17 heteroatoms. The lowest BCUT2D eigenvalue weighted by atomic mass is 9.85. The zero-order valence-electron chi connectivity index (χ0n) is 34.4. The highest BCUT2D eigenvalue weighted by Gasteiger charge is 2.62. The fourth-order valence-corrected chi connectivity index (χ4v) is 9.66. The summed E-state index contributed by atoms with van der Waals surface area (Å²) in [5.41, 5.74) is -0.597. The van der Waals surface area contributed by atoms with Crippen LogP contribution in [0.4, 0.5) is 9.93 Å². The van der Waals surface area contributed by atoms with Gasteiger partial charge in [-0.3, -0.25) is 14.4 Å². The van der Waals surface area contributed by atoms with Crippen LogP contribution in [0, 0.1) is 29.7 Å². The van der Waals surface area contributed by atoms with Gasteiger partial charge in [-0.1, -0.05) is 45.7 Å². The average molecular weight is 850 g/mol. The van der Waals surface area contributed by atoms with Crippen molar-refractivity contribution < 1.29 is 38.1 Å². The van der Waals surface area contributed by atoms with Gasteiger partial charge in [0.05, 0.1) is 24.9 Å². The van der Waals surface area contributed by atoms with Crippen LogP contribution < -0.4 is 25.4 Å². The Labute approximate surface area is 353 Å². The molecule has 4 aliphatic rings. The number of carbonyl (C=O) groups is 4. The van der Waals surface area contributed by atoms with Crippen LogP contribution in [0.3, 0.4) is 0 Å². The number of pyridine rings is 1. The van der Waals surface area contributed by atoms with Crippen LogP contribution in [-0.2, 0) is 23.9 Å². The predicted octanol–water partition coefficient (Wildman–Crippen LogP) is 6.83. The summed E-state index contributed by atoms with van der Waals surface area (Å²) in [6.07, 6.45) is 2.36. The van der Waals surface area contributed by atoms with Crippen molar-refractivity contribution in [2.45, 2.75) is 116 Å². The number of halogens is 1. The van der Waals surface area contributed by atoms with E-state index < -0.39 is 53.0 Å². The second kappa shape index (κ2) is 16.6. The number of nitrogens with zero attached hydrogens (tertiary/aromatic N) is 4. The van der Waals surface area contributed by atoms with E-state index in [2.05, 4.69) is 20.8 Å². The Bertz CT molecular complexity index is 2160. The van der Waals surface area contributed by atoms with Gasteiger partial charge < -0.3 is 39.8 Å². The van der Waals surface area contributed by atoms with Gasteiger partial charge in [0.1, 0.15) is 52.0 Å². The minimum absolute atomic E-state index is 0.0210. The van der Waals surface area contributed by atoms with Crippen molar-refractivity contribution in [1.82, 2.24) is 25.5 Å². The highest BCUT2D eigenvalue weighted by molar-refractivity contribution is 7.14. The first-order valence-electron chi connectivity index (χ1n) is 20.2. The largest absolute Gasteiger partial charge is 0.488 e. The molecular formula is C42H52ClN7O8S. The van der Waals surface area contributed by atoms with Crippen molar-refractivity contribution in [2.75, 3.05) is 25.7 Å². The molecule has 4 fully saturated rings. The summed E-state index contributed by atoms with van der Waals surface area (Å²) in [6, 6.07) is 3.15. The summed E-state index contributed by atoms with van der Waals surface area (Å²) in [5, 5.41) is 12.4. The highest BCUT2D eigenvalue weighted by Crippen LogP contribution is 2.52. The van der Waals surface area contributed by atoms with Gasteiger partial charge in [-0.05, 0) is 74.8 Å². The number of methoxy groups -OCH3 is 1. The number of nitrogens with one attached hydrogen (secondary N) is 3. The molecule has 316 valence electrons. The van der Waals surface area contributed by atoms with Crippen LogP contribution in [0.25, 0.3) is 27.1 Å². The fourth-order valence-electron chi connectivity index (χ4n) is 8.55. The highest BCUT2D eigenvalue weighted by atomic mass is 35.5. The number of likely N-dealkylation sites (tertiary alicyclic amines) is 1. The standard InChI is InChI=1S/C42H52ClN7O8S/c1-9-24-17-42(24,38(53)55-8)49-36(51)30-15-26(18-50(30)37(52)35(41(4,5)6)48-40(54)58-25-13-22-12-23(22)14-25)57-32-16-28(29-19-59-39(47-29)45-21(2)3)46-34-27(32)10-11-31(33(34)43)56-20-44-7/h10-11,16,19,21-26,30,35H,9,12-15,17-18,20H2,1-6,8H3,(H,45,47)(H,48,54)(H,49,51)/t22-,23?,24+,25?,26-,30-,35-,42-/m0/s1. The Morgan fingerprint density at radius 1 is 1.07 bits per heavy atom. The number of esters is 1. The molecule has 0 spiro atoms. The van der Waals surface area contributed by atoms with E-state index in [1.54, 1.807) is 18.2 Å². The molecule has 1 saturated heterocycles. The van der Waals surface area contributed by atoms with Gasteiger partial charge >= 0.3 is 18.8 Å². The quantitative estimate of drug-likeness (QED) is 0.115. The molecule has 1 aliphatic heterocycles. The van der Waals surface area contributed by atoms with E-state index in [-0.39, 0.29) is 48.5 Å². The monoisotopic (exact) mass is 849 g/mol. The van der Waals surface area contributed by atoms with Crippen LogP contribution in [0.15, 0.2) is 23.6 Å². The number of rotatable bonds is 14. The summed E-state index contributed by atoms with van der Waals surface area (Å²) in [4.78, 5) is 69.9. The topological polar surface area (TPSA) is 175 Å². The molecule has 8 atom stereocenters. The number of alkyl carbamates (subject to hydrolysis) is 1. The maximum absolute atomic E-state index is 14.8. The molecule has 1 aromatic carbocycles. The maximum Gasteiger partial charge on any atom is 0.408 e. The van der Waals surface area contributed by atoms with Crippen LogP contribution >= 0.6 is 22.9 Å². The van der Waals surface area contributed by atoms with Crippen molar-refractivity contribution >= 4 is 62.8 Å². The van der Waals surface area contributed by atoms with Gasteiger partial charge in [0.25, 0.3) is 0 Å². The van der Waals surface area contributed by atoms with E-state index in [1.807, 2.05) is 46.9 Å². The van der Waals surface area contributed by atoms with Gasteiger partial charge in [0, 0.05) is 29.3 Å². The number of ether oxygens (including phenoxy) is 4. The Morgan fingerprint density at radius 2 is 1.81 bits per heavy atom.